The second-order valence-corrected chi connectivity index (χ2v) is 3.73. The quantitative estimate of drug-likeness (QED) is 0.655. The maximum absolute atomic E-state index is 4.28. The Morgan fingerprint density at radius 1 is 1.15 bits per heavy atom. The summed E-state index contributed by atoms with van der Waals surface area (Å²) >= 11 is 0. The lowest BCUT2D eigenvalue weighted by molar-refractivity contribution is 0.670. The van der Waals surface area contributed by atoms with Crippen molar-refractivity contribution >= 4 is 5.95 Å². The number of nitrogens with zero attached hydrogens (tertiary/aromatic N) is 3. The van der Waals surface area contributed by atoms with Crippen LogP contribution in [0.5, 0.6) is 0 Å². The van der Waals surface area contributed by atoms with Gasteiger partial charge in [-0.15, -0.1) is 0 Å². The molecule has 1 fully saturated rings. The molecule has 2 heterocycles. The number of rotatable bonds is 1. The van der Waals surface area contributed by atoms with Crippen molar-refractivity contribution in [3.63, 3.8) is 0 Å². The molecule has 0 radical (unpaired) electrons. The van der Waals surface area contributed by atoms with E-state index in [9.17, 15) is 0 Å². The Balaban J connectivity index is 2.25. The molecule has 0 bridgehead atoms. The fourth-order valence-corrected chi connectivity index (χ4v) is 2.01. The van der Waals surface area contributed by atoms with Gasteiger partial charge in [0.05, 0.1) is 0 Å². The molecule has 0 saturated carbocycles. The molecular weight excluding hydrogens is 162 g/mol. The van der Waals surface area contributed by atoms with E-state index in [0.717, 1.165) is 5.95 Å². The van der Waals surface area contributed by atoms with Crippen molar-refractivity contribution < 1.29 is 0 Å². The van der Waals surface area contributed by atoms with Gasteiger partial charge in [-0.25, -0.2) is 9.97 Å². The summed E-state index contributed by atoms with van der Waals surface area (Å²) in [6.45, 7) is 4.47. The normalized spacial score (nSPS) is 28.0. The van der Waals surface area contributed by atoms with Crippen molar-refractivity contribution in [1.82, 2.24) is 9.97 Å². The van der Waals surface area contributed by atoms with Crippen LogP contribution in [0.2, 0.25) is 0 Å². The molecule has 0 aromatic carbocycles. The fraction of sp³-hybridized carbons (Fsp3) is 0.600. The lowest BCUT2D eigenvalue weighted by atomic mass is 10.2. The SMILES string of the molecule is CC1CCC(C)N1c1ncccn1. The van der Waals surface area contributed by atoms with E-state index >= 15 is 0 Å². The molecule has 0 N–H and O–H groups in total. The molecule has 1 aromatic rings. The average Bonchev–Trinajstić information content (AvgIpc) is 2.48. The Kier molecular flexibility index (Phi) is 2.17. The van der Waals surface area contributed by atoms with Crippen LogP contribution in [0.4, 0.5) is 5.95 Å². The highest BCUT2D eigenvalue weighted by Crippen LogP contribution is 2.26. The summed E-state index contributed by atoms with van der Waals surface area (Å²) in [6, 6.07) is 3.02. The third-order valence-electron chi connectivity index (χ3n) is 2.74. The summed E-state index contributed by atoms with van der Waals surface area (Å²) in [5, 5.41) is 0. The van der Waals surface area contributed by atoms with E-state index in [2.05, 4.69) is 28.7 Å². The van der Waals surface area contributed by atoms with Gasteiger partial charge in [0.25, 0.3) is 0 Å². The topological polar surface area (TPSA) is 29.0 Å². The minimum Gasteiger partial charge on any atom is -0.335 e. The van der Waals surface area contributed by atoms with E-state index < -0.39 is 0 Å². The lowest BCUT2D eigenvalue weighted by Gasteiger charge is -2.25. The van der Waals surface area contributed by atoms with E-state index in [1.807, 2.05) is 6.07 Å². The first-order chi connectivity index (χ1) is 6.29. The summed E-state index contributed by atoms with van der Waals surface area (Å²) in [7, 11) is 0. The van der Waals surface area contributed by atoms with Crippen molar-refractivity contribution in [2.75, 3.05) is 4.90 Å². The third kappa shape index (κ3) is 1.50. The molecule has 13 heavy (non-hydrogen) atoms. The number of hydrogen-bond donors (Lipinski definition) is 0. The molecule has 2 rings (SSSR count). The van der Waals surface area contributed by atoms with E-state index in [4.69, 9.17) is 0 Å². The molecule has 2 atom stereocenters. The van der Waals surface area contributed by atoms with Gasteiger partial charge >= 0.3 is 0 Å². The van der Waals surface area contributed by atoms with Crippen LogP contribution >= 0.6 is 0 Å². The highest BCUT2D eigenvalue weighted by Gasteiger charge is 2.28. The second kappa shape index (κ2) is 3.32. The van der Waals surface area contributed by atoms with Gasteiger partial charge in [0.1, 0.15) is 0 Å². The van der Waals surface area contributed by atoms with Crippen LogP contribution in [0.25, 0.3) is 0 Å². The summed E-state index contributed by atoms with van der Waals surface area (Å²) in [5.74, 6) is 0.875. The highest BCUT2D eigenvalue weighted by atomic mass is 15.3. The molecule has 70 valence electrons. The Morgan fingerprint density at radius 2 is 1.69 bits per heavy atom. The molecule has 0 amide bonds. The van der Waals surface area contributed by atoms with E-state index in [1.165, 1.54) is 12.8 Å². The van der Waals surface area contributed by atoms with Crippen LogP contribution in [-0.2, 0) is 0 Å². The second-order valence-electron chi connectivity index (χ2n) is 3.73. The van der Waals surface area contributed by atoms with Crippen molar-refractivity contribution in [1.29, 1.82) is 0 Å². The van der Waals surface area contributed by atoms with Crippen LogP contribution in [0.1, 0.15) is 26.7 Å². The van der Waals surface area contributed by atoms with Crippen LogP contribution in [-0.4, -0.2) is 22.1 Å². The minimum absolute atomic E-state index is 0.581. The maximum Gasteiger partial charge on any atom is 0.225 e. The molecule has 0 spiro atoms. The van der Waals surface area contributed by atoms with Gasteiger partial charge in [0, 0.05) is 24.5 Å². The van der Waals surface area contributed by atoms with E-state index in [0.29, 0.717) is 12.1 Å². The fourth-order valence-electron chi connectivity index (χ4n) is 2.01. The minimum atomic E-state index is 0.581. The molecule has 0 aliphatic carbocycles. The molecule has 3 nitrogen and oxygen atoms in total. The zero-order chi connectivity index (χ0) is 9.26. The van der Waals surface area contributed by atoms with Gasteiger partial charge in [-0.3, -0.25) is 0 Å². The number of anilines is 1. The molecule has 2 unspecified atom stereocenters. The lowest BCUT2D eigenvalue weighted by Crippen LogP contribution is -2.33. The van der Waals surface area contributed by atoms with Gasteiger partial charge < -0.3 is 4.90 Å². The van der Waals surface area contributed by atoms with Crippen molar-refractivity contribution in [3.8, 4) is 0 Å². The summed E-state index contributed by atoms with van der Waals surface area (Å²) in [6.07, 6.45) is 6.11. The van der Waals surface area contributed by atoms with Gasteiger partial charge in [0.2, 0.25) is 5.95 Å². The first-order valence-corrected chi connectivity index (χ1v) is 4.84. The average molecular weight is 177 g/mol. The van der Waals surface area contributed by atoms with Gasteiger partial charge in [-0.2, -0.15) is 0 Å². The molecular formula is C10H15N3. The van der Waals surface area contributed by atoms with Crippen molar-refractivity contribution in [2.24, 2.45) is 0 Å². The van der Waals surface area contributed by atoms with Crippen molar-refractivity contribution in [2.45, 2.75) is 38.8 Å². The number of hydrogen-bond acceptors (Lipinski definition) is 3. The van der Waals surface area contributed by atoms with E-state index in [1.54, 1.807) is 12.4 Å². The maximum atomic E-state index is 4.28. The van der Waals surface area contributed by atoms with Crippen LogP contribution in [0.15, 0.2) is 18.5 Å². The third-order valence-corrected chi connectivity index (χ3v) is 2.74. The molecule has 1 saturated heterocycles. The molecule has 1 aliphatic heterocycles. The summed E-state index contributed by atoms with van der Waals surface area (Å²) in [5.41, 5.74) is 0. The molecule has 3 heteroatoms. The molecule has 1 aromatic heterocycles. The first kappa shape index (κ1) is 8.48. The Bertz CT molecular complexity index is 263. The largest absolute Gasteiger partial charge is 0.335 e. The molecule has 1 aliphatic rings. The number of aromatic nitrogens is 2. The van der Waals surface area contributed by atoms with Gasteiger partial charge in [-0.1, -0.05) is 0 Å². The monoisotopic (exact) mass is 177 g/mol. The predicted octanol–water partition coefficient (Wildman–Crippen LogP) is 1.85. The highest BCUT2D eigenvalue weighted by molar-refractivity contribution is 5.33. The van der Waals surface area contributed by atoms with Crippen LogP contribution in [0.3, 0.4) is 0 Å². The van der Waals surface area contributed by atoms with Gasteiger partial charge in [0.15, 0.2) is 0 Å². The standard InChI is InChI=1S/C10H15N3/c1-8-4-5-9(2)13(8)10-11-6-3-7-12-10/h3,6-9H,4-5H2,1-2H3. The predicted molar refractivity (Wildman–Crippen MR) is 52.7 cm³/mol. The zero-order valence-corrected chi connectivity index (χ0v) is 8.14. The summed E-state index contributed by atoms with van der Waals surface area (Å²) in [4.78, 5) is 10.9. The Hall–Kier alpha value is -1.12. The Morgan fingerprint density at radius 3 is 2.23 bits per heavy atom. The zero-order valence-electron chi connectivity index (χ0n) is 8.14. The summed E-state index contributed by atoms with van der Waals surface area (Å²) < 4.78 is 0. The van der Waals surface area contributed by atoms with Gasteiger partial charge in [-0.05, 0) is 32.8 Å². The van der Waals surface area contributed by atoms with E-state index in [-0.39, 0.29) is 0 Å². The smallest absolute Gasteiger partial charge is 0.225 e. The van der Waals surface area contributed by atoms with Crippen molar-refractivity contribution in [3.05, 3.63) is 18.5 Å². The van der Waals surface area contributed by atoms with Crippen LogP contribution in [0, 0.1) is 0 Å². The van der Waals surface area contributed by atoms with Crippen LogP contribution < -0.4 is 4.90 Å². The Labute approximate surface area is 78.8 Å². The first-order valence-electron chi connectivity index (χ1n) is 4.84.